The second kappa shape index (κ2) is 9.13. The van der Waals surface area contributed by atoms with Gasteiger partial charge in [-0.25, -0.2) is 0 Å². The maximum atomic E-state index is 4.51. The first-order chi connectivity index (χ1) is 13.8. The molecule has 0 bridgehead atoms. The highest BCUT2D eigenvalue weighted by Gasteiger charge is 2.15. The largest absolute Gasteiger partial charge is 0.273 e. The van der Waals surface area contributed by atoms with E-state index in [1.165, 1.54) is 16.0 Å². The van der Waals surface area contributed by atoms with Gasteiger partial charge in [0.25, 0.3) is 0 Å². The molecule has 0 saturated heterocycles. The molecule has 140 valence electrons. The van der Waals surface area contributed by atoms with Gasteiger partial charge < -0.3 is 0 Å². The zero-order valence-electron chi connectivity index (χ0n) is 15.7. The van der Waals surface area contributed by atoms with Crippen LogP contribution in [0.15, 0.2) is 95.0 Å². The number of hydrogen-bond acceptors (Lipinski definition) is 4. The minimum absolute atomic E-state index is 0.775. The summed E-state index contributed by atoms with van der Waals surface area (Å²) in [5, 5.41) is 9.93. The Labute approximate surface area is 174 Å². The van der Waals surface area contributed by atoms with E-state index in [1.807, 2.05) is 12.1 Å². The molecule has 5 heteroatoms. The molecule has 0 radical (unpaired) electrons. The summed E-state index contributed by atoms with van der Waals surface area (Å²) in [5.74, 6) is 2.61. The van der Waals surface area contributed by atoms with Crippen molar-refractivity contribution < 1.29 is 0 Å². The van der Waals surface area contributed by atoms with Crippen LogP contribution in [0.25, 0.3) is 5.69 Å². The summed E-state index contributed by atoms with van der Waals surface area (Å²) in [4.78, 5) is 1.24. The van der Waals surface area contributed by atoms with Gasteiger partial charge in [0.2, 0.25) is 0 Å². The zero-order chi connectivity index (χ0) is 19.2. The van der Waals surface area contributed by atoms with Crippen LogP contribution >= 0.6 is 23.5 Å². The molecule has 0 unspecified atom stereocenters. The van der Waals surface area contributed by atoms with Crippen LogP contribution in [0.2, 0.25) is 0 Å². The third-order valence-electron chi connectivity index (χ3n) is 4.31. The highest BCUT2D eigenvalue weighted by atomic mass is 32.2. The van der Waals surface area contributed by atoms with Crippen molar-refractivity contribution in [3.63, 3.8) is 0 Å². The van der Waals surface area contributed by atoms with Crippen LogP contribution in [-0.4, -0.2) is 14.8 Å². The van der Waals surface area contributed by atoms with Crippen molar-refractivity contribution in [2.45, 2.75) is 28.5 Å². The van der Waals surface area contributed by atoms with E-state index in [2.05, 4.69) is 94.5 Å². The van der Waals surface area contributed by atoms with Gasteiger partial charge in [0, 0.05) is 16.3 Å². The number of benzene rings is 3. The van der Waals surface area contributed by atoms with Crippen LogP contribution in [-0.2, 0) is 11.5 Å². The summed E-state index contributed by atoms with van der Waals surface area (Å²) < 4.78 is 2.18. The van der Waals surface area contributed by atoms with Crippen molar-refractivity contribution in [2.75, 3.05) is 0 Å². The lowest BCUT2D eigenvalue weighted by Gasteiger charge is -2.10. The summed E-state index contributed by atoms with van der Waals surface area (Å²) in [6.07, 6.45) is 0. The monoisotopic (exact) mass is 403 g/mol. The molecule has 0 amide bonds. The zero-order valence-corrected chi connectivity index (χ0v) is 17.3. The van der Waals surface area contributed by atoms with Crippen LogP contribution in [0.3, 0.4) is 0 Å². The molecule has 0 aliphatic rings. The van der Waals surface area contributed by atoms with E-state index >= 15 is 0 Å². The van der Waals surface area contributed by atoms with E-state index in [4.69, 9.17) is 0 Å². The minimum Gasteiger partial charge on any atom is -0.273 e. The first-order valence-corrected chi connectivity index (χ1v) is 11.1. The number of aromatic nitrogens is 3. The Morgan fingerprint density at radius 2 is 1.39 bits per heavy atom. The van der Waals surface area contributed by atoms with Crippen LogP contribution in [0, 0.1) is 6.92 Å². The van der Waals surface area contributed by atoms with Gasteiger partial charge in [-0.05, 0) is 36.8 Å². The number of rotatable bonds is 7. The lowest BCUT2D eigenvalue weighted by Crippen LogP contribution is -2.01. The van der Waals surface area contributed by atoms with Gasteiger partial charge in [0.15, 0.2) is 5.16 Å². The number of hydrogen-bond donors (Lipinski definition) is 0. The van der Waals surface area contributed by atoms with E-state index in [9.17, 15) is 0 Å². The average molecular weight is 404 g/mol. The Hall–Kier alpha value is -2.50. The van der Waals surface area contributed by atoms with Crippen molar-refractivity contribution in [2.24, 2.45) is 0 Å². The molecule has 0 spiro atoms. The van der Waals surface area contributed by atoms with Crippen molar-refractivity contribution in [3.05, 3.63) is 102 Å². The topological polar surface area (TPSA) is 30.7 Å². The van der Waals surface area contributed by atoms with Crippen LogP contribution < -0.4 is 0 Å². The highest BCUT2D eigenvalue weighted by Crippen LogP contribution is 2.28. The Bertz CT molecular complexity index is 1010. The number of aryl methyl sites for hydroxylation is 1. The summed E-state index contributed by atoms with van der Waals surface area (Å²) in [6, 6.07) is 29.4. The number of nitrogens with zero attached hydrogens (tertiary/aromatic N) is 3. The van der Waals surface area contributed by atoms with E-state index in [0.29, 0.717) is 0 Å². The average Bonchev–Trinajstić information content (AvgIpc) is 3.16. The molecule has 4 rings (SSSR count). The van der Waals surface area contributed by atoms with Gasteiger partial charge in [-0.15, -0.1) is 22.0 Å². The first kappa shape index (κ1) is 18.8. The fraction of sp³-hybridized carbons (Fsp3) is 0.130. The predicted molar refractivity (Wildman–Crippen MR) is 118 cm³/mol. The van der Waals surface area contributed by atoms with Crippen LogP contribution in [0.5, 0.6) is 0 Å². The number of para-hydroxylation sites is 1. The molecule has 4 aromatic rings. The van der Waals surface area contributed by atoms with Crippen LogP contribution in [0.1, 0.15) is 17.0 Å². The molecule has 1 heterocycles. The predicted octanol–water partition coefficient (Wildman–Crippen LogP) is 6.16. The standard InChI is InChI=1S/C23H21N3S2/c1-18-12-14-19(15-13-18)16-28-23-25-24-22(17-27-21-10-6-3-7-11-21)26(23)20-8-4-2-5-9-20/h2-15H,16-17H2,1H3. The lowest BCUT2D eigenvalue weighted by atomic mass is 10.2. The van der Waals surface area contributed by atoms with Crippen molar-refractivity contribution >= 4 is 23.5 Å². The second-order valence-electron chi connectivity index (χ2n) is 6.45. The quantitative estimate of drug-likeness (QED) is 0.346. The third-order valence-corrected chi connectivity index (χ3v) is 6.32. The SMILES string of the molecule is Cc1ccc(CSc2nnc(CSc3ccccc3)n2-c2ccccc2)cc1. The maximum absolute atomic E-state index is 4.51. The van der Waals surface area contributed by atoms with Gasteiger partial charge in [0.1, 0.15) is 5.82 Å². The molecule has 3 aromatic carbocycles. The molecular weight excluding hydrogens is 382 g/mol. The van der Waals surface area contributed by atoms with Crippen molar-refractivity contribution in [3.8, 4) is 5.69 Å². The fourth-order valence-corrected chi connectivity index (χ4v) is 4.58. The van der Waals surface area contributed by atoms with E-state index in [-0.39, 0.29) is 0 Å². The second-order valence-corrected chi connectivity index (χ2v) is 8.44. The Kier molecular flexibility index (Phi) is 6.14. The van der Waals surface area contributed by atoms with Gasteiger partial charge >= 0.3 is 0 Å². The number of thioether (sulfide) groups is 2. The highest BCUT2D eigenvalue weighted by molar-refractivity contribution is 7.98. The molecule has 0 aliphatic heterocycles. The van der Waals surface area contributed by atoms with Gasteiger partial charge in [0.05, 0.1) is 5.75 Å². The molecule has 3 nitrogen and oxygen atoms in total. The van der Waals surface area contributed by atoms with E-state index < -0.39 is 0 Å². The Morgan fingerprint density at radius 3 is 2.11 bits per heavy atom. The summed E-state index contributed by atoms with van der Waals surface area (Å²) in [6.45, 7) is 2.11. The van der Waals surface area contributed by atoms with E-state index in [1.54, 1.807) is 23.5 Å². The maximum Gasteiger partial charge on any atom is 0.196 e. The van der Waals surface area contributed by atoms with Gasteiger partial charge in [-0.2, -0.15) is 0 Å². The third kappa shape index (κ3) is 4.66. The molecule has 0 N–H and O–H groups in total. The smallest absolute Gasteiger partial charge is 0.196 e. The normalized spacial score (nSPS) is 10.9. The molecular formula is C23H21N3S2. The summed E-state index contributed by atoms with van der Waals surface area (Å²) >= 11 is 3.50. The summed E-state index contributed by atoms with van der Waals surface area (Å²) in [7, 11) is 0. The molecule has 0 aliphatic carbocycles. The Morgan fingerprint density at radius 1 is 0.714 bits per heavy atom. The molecule has 0 saturated carbocycles. The molecule has 28 heavy (non-hydrogen) atoms. The minimum atomic E-state index is 0.775. The molecule has 0 fully saturated rings. The van der Waals surface area contributed by atoms with Gasteiger partial charge in [-0.3, -0.25) is 4.57 Å². The molecule has 1 aromatic heterocycles. The van der Waals surface area contributed by atoms with Crippen LogP contribution in [0.4, 0.5) is 0 Å². The fourth-order valence-electron chi connectivity index (χ4n) is 2.82. The van der Waals surface area contributed by atoms with E-state index in [0.717, 1.165) is 28.2 Å². The van der Waals surface area contributed by atoms with Gasteiger partial charge in [-0.1, -0.05) is 78.0 Å². The van der Waals surface area contributed by atoms with Crippen molar-refractivity contribution in [1.29, 1.82) is 0 Å². The first-order valence-electron chi connectivity index (χ1n) is 9.15. The molecule has 0 atom stereocenters. The Balaban J connectivity index is 1.57. The lowest BCUT2D eigenvalue weighted by molar-refractivity contribution is 0.864. The van der Waals surface area contributed by atoms with Crippen molar-refractivity contribution in [1.82, 2.24) is 14.8 Å². The summed E-state index contributed by atoms with van der Waals surface area (Å²) in [5.41, 5.74) is 3.67.